The Morgan fingerprint density at radius 1 is 1.18 bits per heavy atom. The second kappa shape index (κ2) is 8.28. The molecule has 0 unspecified atom stereocenters. The highest BCUT2D eigenvalue weighted by Crippen LogP contribution is 2.29. The molecule has 142 valence electrons. The average molecular weight is 373 g/mol. The number of allylic oxidation sites excluding steroid dienone is 1. The lowest BCUT2D eigenvalue weighted by Gasteiger charge is -2.28. The molecule has 1 aromatic heterocycles. The summed E-state index contributed by atoms with van der Waals surface area (Å²) in [6, 6.07) is 18.4. The van der Waals surface area contributed by atoms with E-state index >= 15 is 0 Å². The van der Waals surface area contributed by atoms with E-state index < -0.39 is 0 Å². The molecule has 0 amide bonds. The highest BCUT2D eigenvalue weighted by atomic mass is 16.5. The van der Waals surface area contributed by atoms with E-state index in [-0.39, 0.29) is 0 Å². The zero-order valence-corrected chi connectivity index (χ0v) is 16.0. The fraction of sp³-hybridized carbons (Fsp3) is 0.304. The van der Waals surface area contributed by atoms with Crippen molar-refractivity contribution in [2.75, 3.05) is 26.7 Å². The van der Waals surface area contributed by atoms with Crippen LogP contribution >= 0.6 is 0 Å². The van der Waals surface area contributed by atoms with E-state index in [0.29, 0.717) is 22.6 Å². The number of nitriles is 1. The van der Waals surface area contributed by atoms with Crippen LogP contribution in [0, 0.1) is 11.3 Å². The summed E-state index contributed by atoms with van der Waals surface area (Å²) in [4.78, 5) is 6.98. The van der Waals surface area contributed by atoms with Crippen LogP contribution in [0.25, 0.3) is 16.7 Å². The third-order valence-corrected chi connectivity index (χ3v) is 5.29. The van der Waals surface area contributed by atoms with Gasteiger partial charge < -0.3 is 14.1 Å². The molecule has 1 saturated heterocycles. The van der Waals surface area contributed by atoms with E-state index in [1.165, 1.54) is 5.56 Å². The predicted octanol–water partition coefficient (Wildman–Crippen LogP) is 4.45. The van der Waals surface area contributed by atoms with Crippen LogP contribution in [-0.4, -0.2) is 36.6 Å². The Morgan fingerprint density at radius 2 is 1.96 bits per heavy atom. The number of fused-ring (bicyclic) bond motifs is 1. The van der Waals surface area contributed by atoms with Gasteiger partial charge in [-0.15, -0.1) is 0 Å². The number of rotatable bonds is 5. The van der Waals surface area contributed by atoms with Gasteiger partial charge in [0.15, 0.2) is 5.58 Å². The Hall–Kier alpha value is -3.10. The Labute approximate surface area is 164 Å². The molecule has 0 radical (unpaired) electrons. The molecule has 5 nitrogen and oxygen atoms in total. The van der Waals surface area contributed by atoms with E-state index in [2.05, 4.69) is 40.2 Å². The molecule has 0 aliphatic carbocycles. The summed E-state index contributed by atoms with van der Waals surface area (Å²) >= 11 is 0. The fourth-order valence-corrected chi connectivity index (χ4v) is 3.65. The Morgan fingerprint density at radius 3 is 2.68 bits per heavy atom. The Balaban J connectivity index is 1.45. The van der Waals surface area contributed by atoms with Gasteiger partial charge in [0.1, 0.15) is 22.9 Å². The second-order valence-electron chi connectivity index (χ2n) is 7.02. The van der Waals surface area contributed by atoms with Crippen molar-refractivity contribution in [2.45, 2.75) is 19.3 Å². The molecule has 1 fully saturated rings. The number of nitrogens with zero attached hydrogens (tertiary/aromatic N) is 3. The van der Waals surface area contributed by atoms with Crippen LogP contribution in [0.2, 0.25) is 0 Å². The van der Waals surface area contributed by atoms with Gasteiger partial charge in [-0.2, -0.15) is 5.26 Å². The smallest absolute Gasteiger partial charge is 0.238 e. The van der Waals surface area contributed by atoms with Crippen LogP contribution in [0.15, 0.2) is 58.5 Å². The quantitative estimate of drug-likeness (QED) is 0.618. The summed E-state index contributed by atoms with van der Waals surface area (Å²) in [5.41, 5.74) is 4.46. The van der Waals surface area contributed by atoms with Gasteiger partial charge in [0.2, 0.25) is 5.89 Å². The van der Waals surface area contributed by atoms with Crippen LogP contribution in [-0.2, 0) is 6.42 Å². The molecule has 0 N–H and O–H groups in total. The first-order chi connectivity index (χ1) is 13.8. The predicted molar refractivity (Wildman–Crippen MR) is 109 cm³/mol. The molecular formula is C23H23N3O2. The van der Waals surface area contributed by atoms with Crippen molar-refractivity contribution in [2.24, 2.45) is 0 Å². The van der Waals surface area contributed by atoms with Crippen LogP contribution in [0.4, 0.5) is 0 Å². The molecule has 0 spiro atoms. The number of benzene rings is 2. The van der Waals surface area contributed by atoms with E-state index in [1.54, 1.807) is 7.11 Å². The minimum atomic E-state index is 0.415. The van der Waals surface area contributed by atoms with Gasteiger partial charge in [-0.3, -0.25) is 0 Å². The molecule has 2 heterocycles. The van der Waals surface area contributed by atoms with E-state index in [0.717, 1.165) is 50.2 Å². The molecule has 0 bridgehead atoms. The van der Waals surface area contributed by atoms with Crippen LogP contribution in [0.3, 0.4) is 0 Å². The second-order valence-corrected chi connectivity index (χ2v) is 7.02. The third kappa shape index (κ3) is 3.92. The summed E-state index contributed by atoms with van der Waals surface area (Å²) in [6.07, 6.45) is 2.80. The van der Waals surface area contributed by atoms with E-state index in [1.807, 2.05) is 24.3 Å². The third-order valence-electron chi connectivity index (χ3n) is 5.29. The number of oxazole rings is 1. The van der Waals surface area contributed by atoms with Crippen molar-refractivity contribution in [3.63, 3.8) is 0 Å². The standard InChI is InChI=1S/C23H23N3O2/c1-27-19-7-8-22-21(15-19)25-23(28-22)20(16-24)18-10-13-26(14-11-18)12-9-17-5-3-2-4-6-17/h2-8,15H,9-14H2,1H3. The van der Waals surface area contributed by atoms with Gasteiger partial charge >= 0.3 is 0 Å². The number of piperidine rings is 1. The lowest BCUT2D eigenvalue weighted by molar-refractivity contribution is 0.260. The zero-order valence-electron chi connectivity index (χ0n) is 16.0. The van der Waals surface area contributed by atoms with E-state index in [4.69, 9.17) is 9.15 Å². The molecule has 3 aromatic rings. The number of methoxy groups -OCH3 is 1. The first-order valence-corrected chi connectivity index (χ1v) is 9.60. The zero-order chi connectivity index (χ0) is 19.3. The molecule has 5 heteroatoms. The maximum Gasteiger partial charge on any atom is 0.238 e. The molecule has 4 rings (SSSR count). The summed E-state index contributed by atoms with van der Waals surface area (Å²) in [6.45, 7) is 2.96. The van der Waals surface area contributed by atoms with Crippen molar-refractivity contribution >= 4 is 16.7 Å². The Kier molecular flexibility index (Phi) is 5.41. The van der Waals surface area contributed by atoms with Gasteiger partial charge in [0.25, 0.3) is 0 Å². The highest BCUT2D eigenvalue weighted by molar-refractivity contribution is 5.81. The monoisotopic (exact) mass is 373 g/mol. The van der Waals surface area contributed by atoms with Crippen molar-refractivity contribution < 1.29 is 9.15 Å². The number of hydrogen-bond donors (Lipinski definition) is 0. The summed E-state index contributed by atoms with van der Waals surface area (Å²) in [7, 11) is 1.62. The van der Waals surface area contributed by atoms with Gasteiger partial charge in [0.05, 0.1) is 7.11 Å². The van der Waals surface area contributed by atoms with Crippen LogP contribution in [0.5, 0.6) is 5.75 Å². The van der Waals surface area contributed by atoms with Gasteiger partial charge in [-0.05, 0) is 42.5 Å². The molecule has 2 aromatic carbocycles. The first-order valence-electron chi connectivity index (χ1n) is 9.60. The van der Waals surface area contributed by atoms with Gasteiger partial charge in [0, 0.05) is 25.7 Å². The van der Waals surface area contributed by atoms with Crippen LogP contribution in [0.1, 0.15) is 24.3 Å². The molecule has 0 saturated carbocycles. The lowest BCUT2D eigenvalue weighted by Crippen LogP contribution is -2.32. The molecule has 1 aliphatic rings. The molecular weight excluding hydrogens is 350 g/mol. The molecule has 1 aliphatic heterocycles. The minimum absolute atomic E-state index is 0.415. The van der Waals surface area contributed by atoms with Gasteiger partial charge in [-0.1, -0.05) is 30.3 Å². The lowest BCUT2D eigenvalue weighted by atomic mass is 9.98. The molecule has 28 heavy (non-hydrogen) atoms. The van der Waals surface area contributed by atoms with Crippen molar-refractivity contribution in [1.29, 1.82) is 5.26 Å². The highest BCUT2D eigenvalue weighted by Gasteiger charge is 2.21. The molecule has 0 atom stereocenters. The van der Waals surface area contributed by atoms with E-state index in [9.17, 15) is 5.26 Å². The fourth-order valence-electron chi connectivity index (χ4n) is 3.65. The number of likely N-dealkylation sites (tertiary alicyclic amines) is 1. The summed E-state index contributed by atoms with van der Waals surface area (Å²) in [5, 5.41) is 9.73. The summed E-state index contributed by atoms with van der Waals surface area (Å²) in [5.74, 6) is 1.14. The minimum Gasteiger partial charge on any atom is -0.497 e. The normalized spacial score (nSPS) is 14.8. The largest absolute Gasteiger partial charge is 0.497 e. The van der Waals surface area contributed by atoms with Gasteiger partial charge in [-0.25, -0.2) is 4.98 Å². The van der Waals surface area contributed by atoms with Crippen molar-refractivity contribution in [3.05, 3.63) is 65.6 Å². The maximum atomic E-state index is 9.73. The maximum absolute atomic E-state index is 9.73. The summed E-state index contributed by atoms with van der Waals surface area (Å²) < 4.78 is 11.1. The number of hydrogen-bond acceptors (Lipinski definition) is 5. The van der Waals surface area contributed by atoms with Crippen molar-refractivity contribution in [3.8, 4) is 11.8 Å². The first kappa shape index (κ1) is 18.3. The van der Waals surface area contributed by atoms with Crippen LogP contribution < -0.4 is 4.74 Å². The Bertz CT molecular complexity index is 1020. The SMILES string of the molecule is COc1ccc2oc(C(C#N)=C3CCN(CCc4ccccc4)CC3)nc2c1. The average Bonchev–Trinajstić information content (AvgIpc) is 3.17. The topological polar surface area (TPSA) is 62.3 Å². The number of aromatic nitrogens is 1. The van der Waals surface area contributed by atoms with Crippen molar-refractivity contribution in [1.82, 2.24) is 9.88 Å². The number of ether oxygens (including phenoxy) is 1.